The first-order valence-electron chi connectivity index (χ1n) is 8.51. The molecule has 1 aliphatic rings. The standard InChI is InChI=1S/C20H19N3O2/c24-20(25)16-6-7-17-18(12-16)21-13-19(22-17)23-10-8-15(9-11-23)14-4-2-1-3-5-14/h1-7,12-13,15H,8-11H2,(H,24,25). The molecule has 3 aromatic rings. The van der Waals surface area contributed by atoms with Crippen molar-refractivity contribution >= 4 is 22.8 Å². The molecule has 0 spiro atoms. The lowest BCUT2D eigenvalue weighted by Crippen LogP contribution is -2.33. The molecular formula is C20H19N3O2. The Morgan fingerprint density at radius 1 is 1.04 bits per heavy atom. The molecule has 0 unspecified atom stereocenters. The van der Waals surface area contributed by atoms with Gasteiger partial charge in [0.15, 0.2) is 0 Å². The van der Waals surface area contributed by atoms with Crippen molar-refractivity contribution in [2.45, 2.75) is 18.8 Å². The van der Waals surface area contributed by atoms with Crippen molar-refractivity contribution in [2.75, 3.05) is 18.0 Å². The molecule has 2 aromatic carbocycles. The Kier molecular flexibility index (Phi) is 4.06. The van der Waals surface area contributed by atoms with Crippen LogP contribution in [0, 0.1) is 0 Å². The number of nitrogens with zero attached hydrogens (tertiary/aromatic N) is 3. The Balaban J connectivity index is 1.51. The topological polar surface area (TPSA) is 66.3 Å². The summed E-state index contributed by atoms with van der Waals surface area (Å²) in [6.45, 7) is 1.90. The predicted octanol–water partition coefficient (Wildman–Crippen LogP) is 3.71. The summed E-state index contributed by atoms with van der Waals surface area (Å²) in [6, 6.07) is 15.5. The summed E-state index contributed by atoms with van der Waals surface area (Å²) in [5.74, 6) is 0.516. The third kappa shape index (κ3) is 3.18. The minimum Gasteiger partial charge on any atom is -0.478 e. The monoisotopic (exact) mass is 333 g/mol. The van der Waals surface area contributed by atoms with Crippen LogP contribution in [-0.2, 0) is 0 Å². The van der Waals surface area contributed by atoms with Gasteiger partial charge >= 0.3 is 5.97 Å². The van der Waals surface area contributed by atoms with Crippen LogP contribution in [0.1, 0.15) is 34.7 Å². The number of carboxylic acid groups (broad SMARTS) is 1. The Labute approximate surface area is 146 Å². The molecule has 0 amide bonds. The van der Waals surface area contributed by atoms with E-state index in [0.717, 1.165) is 37.3 Å². The van der Waals surface area contributed by atoms with Crippen LogP contribution < -0.4 is 4.90 Å². The van der Waals surface area contributed by atoms with E-state index in [1.165, 1.54) is 5.56 Å². The smallest absolute Gasteiger partial charge is 0.335 e. The number of rotatable bonds is 3. The second-order valence-corrected chi connectivity index (χ2v) is 6.41. The summed E-state index contributed by atoms with van der Waals surface area (Å²) in [5.41, 5.74) is 2.99. The van der Waals surface area contributed by atoms with Crippen LogP contribution >= 0.6 is 0 Å². The molecule has 1 fully saturated rings. The van der Waals surface area contributed by atoms with E-state index in [1.807, 2.05) is 0 Å². The number of anilines is 1. The zero-order chi connectivity index (χ0) is 17.2. The Hall–Kier alpha value is -2.95. The fourth-order valence-electron chi connectivity index (χ4n) is 3.45. The summed E-state index contributed by atoms with van der Waals surface area (Å²) in [7, 11) is 0. The quantitative estimate of drug-likeness (QED) is 0.791. The maximum atomic E-state index is 11.1. The van der Waals surface area contributed by atoms with Crippen LogP contribution in [0.25, 0.3) is 11.0 Å². The molecule has 2 heterocycles. The molecule has 126 valence electrons. The molecule has 1 aliphatic heterocycles. The minimum atomic E-state index is -0.948. The minimum absolute atomic E-state index is 0.234. The second-order valence-electron chi connectivity index (χ2n) is 6.41. The molecule has 0 bridgehead atoms. The van der Waals surface area contributed by atoms with Crippen LogP contribution in [-0.4, -0.2) is 34.1 Å². The Morgan fingerprint density at radius 2 is 1.80 bits per heavy atom. The van der Waals surface area contributed by atoms with E-state index >= 15 is 0 Å². The SMILES string of the molecule is O=C(O)c1ccc2nc(N3CCC(c4ccccc4)CC3)cnc2c1. The number of aromatic nitrogens is 2. The largest absolute Gasteiger partial charge is 0.478 e. The number of hydrogen-bond donors (Lipinski definition) is 1. The molecule has 0 aliphatic carbocycles. The van der Waals surface area contributed by atoms with Gasteiger partial charge in [0.05, 0.1) is 22.8 Å². The molecule has 1 aromatic heterocycles. The van der Waals surface area contributed by atoms with Gasteiger partial charge in [0.2, 0.25) is 0 Å². The predicted molar refractivity (Wildman–Crippen MR) is 97.1 cm³/mol. The summed E-state index contributed by atoms with van der Waals surface area (Å²) < 4.78 is 0. The number of carbonyl (C=O) groups is 1. The fraction of sp³-hybridized carbons (Fsp3) is 0.250. The van der Waals surface area contributed by atoms with Crippen molar-refractivity contribution in [3.05, 3.63) is 65.9 Å². The normalized spacial score (nSPS) is 15.4. The van der Waals surface area contributed by atoms with Gasteiger partial charge in [-0.05, 0) is 42.5 Å². The maximum Gasteiger partial charge on any atom is 0.335 e. The molecule has 4 rings (SSSR count). The maximum absolute atomic E-state index is 11.1. The van der Waals surface area contributed by atoms with Crippen molar-refractivity contribution in [3.8, 4) is 0 Å². The zero-order valence-electron chi connectivity index (χ0n) is 13.8. The Morgan fingerprint density at radius 3 is 2.52 bits per heavy atom. The van der Waals surface area contributed by atoms with Crippen LogP contribution in [0.4, 0.5) is 5.82 Å². The van der Waals surface area contributed by atoms with Gasteiger partial charge in [-0.25, -0.2) is 9.78 Å². The van der Waals surface area contributed by atoms with Crippen molar-refractivity contribution < 1.29 is 9.90 Å². The van der Waals surface area contributed by atoms with Gasteiger partial charge in [0.1, 0.15) is 5.82 Å². The van der Waals surface area contributed by atoms with Gasteiger partial charge in [-0.1, -0.05) is 30.3 Å². The van der Waals surface area contributed by atoms with E-state index < -0.39 is 5.97 Å². The molecule has 5 heteroatoms. The van der Waals surface area contributed by atoms with Crippen molar-refractivity contribution in [2.24, 2.45) is 0 Å². The zero-order valence-corrected chi connectivity index (χ0v) is 13.8. The highest BCUT2D eigenvalue weighted by Gasteiger charge is 2.21. The van der Waals surface area contributed by atoms with Crippen molar-refractivity contribution in [1.82, 2.24) is 9.97 Å². The first-order chi connectivity index (χ1) is 12.2. The summed E-state index contributed by atoms with van der Waals surface area (Å²) in [5, 5.41) is 9.07. The van der Waals surface area contributed by atoms with E-state index in [2.05, 4.69) is 45.2 Å². The summed E-state index contributed by atoms with van der Waals surface area (Å²) in [6.07, 6.45) is 3.94. The lowest BCUT2D eigenvalue weighted by molar-refractivity contribution is 0.0697. The molecule has 1 saturated heterocycles. The summed E-state index contributed by atoms with van der Waals surface area (Å²) in [4.78, 5) is 22.4. The lowest BCUT2D eigenvalue weighted by atomic mass is 9.89. The summed E-state index contributed by atoms with van der Waals surface area (Å²) >= 11 is 0. The number of benzene rings is 2. The third-order valence-electron chi connectivity index (χ3n) is 4.87. The number of fused-ring (bicyclic) bond motifs is 1. The van der Waals surface area contributed by atoms with Crippen LogP contribution in [0.2, 0.25) is 0 Å². The number of hydrogen-bond acceptors (Lipinski definition) is 4. The lowest BCUT2D eigenvalue weighted by Gasteiger charge is -2.32. The van der Waals surface area contributed by atoms with Gasteiger partial charge in [-0.15, -0.1) is 0 Å². The molecule has 5 nitrogen and oxygen atoms in total. The molecule has 0 radical (unpaired) electrons. The number of carboxylic acids is 1. The van der Waals surface area contributed by atoms with E-state index in [9.17, 15) is 4.79 Å². The highest BCUT2D eigenvalue weighted by molar-refractivity contribution is 5.92. The average Bonchev–Trinajstić information content (AvgIpc) is 2.68. The molecule has 25 heavy (non-hydrogen) atoms. The van der Waals surface area contributed by atoms with Crippen LogP contribution in [0.15, 0.2) is 54.7 Å². The van der Waals surface area contributed by atoms with E-state index in [-0.39, 0.29) is 5.56 Å². The second kappa shape index (κ2) is 6.51. The molecular weight excluding hydrogens is 314 g/mol. The van der Waals surface area contributed by atoms with Crippen LogP contribution in [0.5, 0.6) is 0 Å². The van der Waals surface area contributed by atoms with Gasteiger partial charge in [-0.2, -0.15) is 0 Å². The average molecular weight is 333 g/mol. The first kappa shape index (κ1) is 15.6. The molecule has 1 N–H and O–H groups in total. The van der Waals surface area contributed by atoms with E-state index in [1.54, 1.807) is 24.4 Å². The van der Waals surface area contributed by atoms with Gasteiger partial charge in [0.25, 0.3) is 0 Å². The van der Waals surface area contributed by atoms with Crippen LogP contribution in [0.3, 0.4) is 0 Å². The van der Waals surface area contributed by atoms with Crippen molar-refractivity contribution in [1.29, 1.82) is 0 Å². The third-order valence-corrected chi connectivity index (χ3v) is 4.87. The van der Waals surface area contributed by atoms with Gasteiger partial charge < -0.3 is 10.0 Å². The first-order valence-corrected chi connectivity index (χ1v) is 8.51. The number of piperidine rings is 1. The highest BCUT2D eigenvalue weighted by Crippen LogP contribution is 2.30. The van der Waals surface area contributed by atoms with E-state index in [4.69, 9.17) is 5.11 Å². The van der Waals surface area contributed by atoms with E-state index in [0.29, 0.717) is 11.4 Å². The van der Waals surface area contributed by atoms with Crippen molar-refractivity contribution in [3.63, 3.8) is 0 Å². The highest BCUT2D eigenvalue weighted by atomic mass is 16.4. The molecule has 0 saturated carbocycles. The number of aromatic carboxylic acids is 1. The Bertz CT molecular complexity index is 903. The molecule has 0 atom stereocenters. The van der Waals surface area contributed by atoms with Gasteiger partial charge in [-0.3, -0.25) is 4.98 Å². The van der Waals surface area contributed by atoms with Gasteiger partial charge in [0, 0.05) is 13.1 Å². The fourth-order valence-corrected chi connectivity index (χ4v) is 3.45.